The van der Waals surface area contributed by atoms with Gasteiger partial charge in [0.1, 0.15) is 11.8 Å². The van der Waals surface area contributed by atoms with E-state index < -0.39 is 12.0 Å². The first kappa shape index (κ1) is 18.4. The lowest BCUT2D eigenvalue weighted by Gasteiger charge is -2.16. The molecule has 1 heterocycles. The first-order chi connectivity index (χ1) is 13.0. The van der Waals surface area contributed by atoms with Crippen LogP contribution in [-0.4, -0.2) is 37.5 Å². The standard InChI is InChI=1S/C20H20N2O5/c1-3-27-20(25)13-7-9-15(10-8-13)22-18(23)12-17(19(22)24)21-14-5-4-6-16(11-14)26-2/h4-11,17,21H,3,12H2,1-2H3/t17-/m0/s1. The minimum atomic E-state index is -0.658. The van der Waals surface area contributed by atoms with Crippen LogP contribution in [0.1, 0.15) is 23.7 Å². The Hall–Kier alpha value is -3.35. The molecule has 2 amide bonds. The predicted molar refractivity (Wildman–Crippen MR) is 99.9 cm³/mol. The second kappa shape index (κ2) is 7.90. The highest BCUT2D eigenvalue weighted by atomic mass is 16.5. The summed E-state index contributed by atoms with van der Waals surface area (Å²) in [7, 11) is 1.56. The van der Waals surface area contributed by atoms with Crippen LogP contribution < -0.4 is 15.0 Å². The van der Waals surface area contributed by atoms with Gasteiger partial charge < -0.3 is 14.8 Å². The minimum Gasteiger partial charge on any atom is -0.497 e. The van der Waals surface area contributed by atoms with Gasteiger partial charge in [0.25, 0.3) is 5.91 Å². The molecule has 0 aromatic heterocycles. The molecular weight excluding hydrogens is 348 g/mol. The molecule has 1 fully saturated rings. The molecule has 27 heavy (non-hydrogen) atoms. The van der Waals surface area contributed by atoms with Crippen LogP contribution in [0, 0.1) is 0 Å². The molecule has 7 heteroatoms. The number of carbonyl (C=O) groups excluding carboxylic acids is 3. The van der Waals surface area contributed by atoms with Crippen LogP contribution in [0.5, 0.6) is 5.75 Å². The van der Waals surface area contributed by atoms with Gasteiger partial charge in [-0.2, -0.15) is 0 Å². The molecule has 7 nitrogen and oxygen atoms in total. The van der Waals surface area contributed by atoms with Gasteiger partial charge in [-0.1, -0.05) is 6.07 Å². The normalized spacial score (nSPS) is 16.4. The average Bonchev–Trinajstić information content (AvgIpc) is 2.95. The van der Waals surface area contributed by atoms with Crippen LogP contribution in [0.3, 0.4) is 0 Å². The van der Waals surface area contributed by atoms with Crippen LogP contribution in [0.25, 0.3) is 0 Å². The zero-order valence-corrected chi connectivity index (χ0v) is 15.1. The van der Waals surface area contributed by atoms with Crippen molar-refractivity contribution in [2.75, 3.05) is 23.9 Å². The molecule has 0 saturated carbocycles. The Labute approximate surface area is 156 Å². The van der Waals surface area contributed by atoms with E-state index in [-0.39, 0.29) is 24.8 Å². The molecule has 0 radical (unpaired) electrons. The highest BCUT2D eigenvalue weighted by Crippen LogP contribution is 2.26. The van der Waals surface area contributed by atoms with Crippen molar-refractivity contribution < 1.29 is 23.9 Å². The Kier molecular flexibility index (Phi) is 5.40. The maximum Gasteiger partial charge on any atom is 0.338 e. The van der Waals surface area contributed by atoms with Gasteiger partial charge in [0, 0.05) is 11.8 Å². The van der Waals surface area contributed by atoms with Gasteiger partial charge in [0.15, 0.2) is 0 Å². The fourth-order valence-electron chi connectivity index (χ4n) is 2.89. The number of carbonyl (C=O) groups is 3. The maximum absolute atomic E-state index is 12.7. The van der Waals surface area contributed by atoms with Crippen molar-refractivity contribution in [1.82, 2.24) is 0 Å². The number of hydrogen-bond acceptors (Lipinski definition) is 6. The van der Waals surface area contributed by atoms with Crippen LogP contribution in [-0.2, 0) is 14.3 Å². The number of imide groups is 1. The number of methoxy groups -OCH3 is 1. The number of rotatable bonds is 6. The summed E-state index contributed by atoms with van der Waals surface area (Å²) in [6.07, 6.45) is 0.0513. The van der Waals surface area contributed by atoms with E-state index in [9.17, 15) is 14.4 Å². The molecule has 0 spiro atoms. The molecule has 2 aromatic rings. The van der Waals surface area contributed by atoms with Crippen molar-refractivity contribution in [3.63, 3.8) is 0 Å². The van der Waals surface area contributed by atoms with Gasteiger partial charge in [-0.3, -0.25) is 9.59 Å². The number of nitrogens with zero attached hydrogens (tertiary/aromatic N) is 1. The molecule has 2 aromatic carbocycles. The Balaban J connectivity index is 1.74. The van der Waals surface area contributed by atoms with E-state index in [0.717, 1.165) is 4.90 Å². The smallest absolute Gasteiger partial charge is 0.338 e. The first-order valence-electron chi connectivity index (χ1n) is 8.58. The van der Waals surface area contributed by atoms with Crippen LogP contribution in [0.15, 0.2) is 48.5 Å². The Morgan fingerprint density at radius 3 is 2.59 bits per heavy atom. The van der Waals surface area contributed by atoms with Crippen molar-refractivity contribution in [3.8, 4) is 5.75 Å². The number of hydrogen-bond donors (Lipinski definition) is 1. The molecule has 0 unspecified atom stereocenters. The molecule has 1 aliphatic heterocycles. The largest absolute Gasteiger partial charge is 0.497 e. The molecule has 0 aliphatic carbocycles. The highest BCUT2D eigenvalue weighted by molar-refractivity contribution is 6.23. The summed E-state index contributed by atoms with van der Waals surface area (Å²) in [4.78, 5) is 38.0. The molecule has 1 aliphatic rings. The SMILES string of the molecule is CCOC(=O)c1ccc(N2C(=O)C[C@H](Nc3cccc(OC)c3)C2=O)cc1. The lowest BCUT2D eigenvalue weighted by atomic mass is 10.2. The van der Waals surface area contributed by atoms with Crippen LogP contribution in [0.2, 0.25) is 0 Å². The number of anilines is 2. The van der Waals surface area contributed by atoms with Crippen molar-refractivity contribution in [1.29, 1.82) is 0 Å². The molecule has 0 bridgehead atoms. The van der Waals surface area contributed by atoms with Gasteiger partial charge in [-0.15, -0.1) is 0 Å². The van der Waals surface area contributed by atoms with E-state index >= 15 is 0 Å². The number of amides is 2. The quantitative estimate of drug-likeness (QED) is 0.623. The van der Waals surface area contributed by atoms with E-state index in [1.54, 1.807) is 50.4 Å². The lowest BCUT2D eigenvalue weighted by molar-refractivity contribution is -0.121. The number of nitrogens with one attached hydrogen (secondary N) is 1. The number of esters is 1. The van der Waals surface area contributed by atoms with E-state index in [2.05, 4.69) is 5.32 Å². The maximum atomic E-state index is 12.7. The highest BCUT2D eigenvalue weighted by Gasteiger charge is 2.39. The number of ether oxygens (including phenoxy) is 2. The molecule has 1 saturated heterocycles. The summed E-state index contributed by atoms with van der Waals surface area (Å²) >= 11 is 0. The average molecular weight is 368 g/mol. The van der Waals surface area contributed by atoms with Gasteiger partial charge >= 0.3 is 5.97 Å². The van der Waals surface area contributed by atoms with Crippen molar-refractivity contribution in [3.05, 3.63) is 54.1 Å². The van der Waals surface area contributed by atoms with E-state index in [4.69, 9.17) is 9.47 Å². The monoisotopic (exact) mass is 368 g/mol. The number of benzene rings is 2. The summed E-state index contributed by atoms with van der Waals surface area (Å²) in [6, 6.07) is 12.7. The van der Waals surface area contributed by atoms with Gasteiger partial charge in [0.2, 0.25) is 5.91 Å². The summed E-state index contributed by atoms with van der Waals surface area (Å²) in [5.74, 6) is -0.431. The molecule has 140 valence electrons. The minimum absolute atomic E-state index is 0.0513. The third-order valence-corrected chi connectivity index (χ3v) is 4.19. The fourth-order valence-corrected chi connectivity index (χ4v) is 2.89. The summed E-state index contributed by atoms with van der Waals surface area (Å²) < 4.78 is 10.1. The molecule has 1 N–H and O–H groups in total. The Morgan fingerprint density at radius 2 is 1.93 bits per heavy atom. The van der Waals surface area contributed by atoms with Crippen molar-refractivity contribution >= 4 is 29.2 Å². The first-order valence-corrected chi connectivity index (χ1v) is 8.58. The van der Waals surface area contributed by atoms with Gasteiger partial charge in [-0.25, -0.2) is 9.69 Å². The second-order valence-corrected chi connectivity index (χ2v) is 5.97. The summed E-state index contributed by atoms with van der Waals surface area (Å²) in [5.41, 5.74) is 1.48. The summed E-state index contributed by atoms with van der Waals surface area (Å²) in [5, 5.41) is 3.08. The van der Waals surface area contributed by atoms with E-state index in [1.165, 1.54) is 12.1 Å². The van der Waals surface area contributed by atoms with Crippen LogP contribution in [0.4, 0.5) is 11.4 Å². The second-order valence-electron chi connectivity index (χ2n) is 5.97. The fraction of sp³-hybridized carbons (Fsp3) is 0.250. The third kappa shape index (κ3) is 3.92. The molecule has 3 rings (SSSR count). The van der Waals surface area contributed by atoms with E-state index in [0.29, 0.717) is 22.7 Å². The van der Waals surface area contributed by atoms with Gasteiger partial charge in [-0.05, 0) is 43.3 Å². The molecular formula is C20H20N2O5. The zero-order valence-electron chi connectivity index (χ0n) is 15.1. The summed E-state index contributed by atoms with van der Waals surface area (Å²) in [6.45, 7) is 2.00. The topological polar surface area (TPSA) is 84.9 Å². The van der Waals surface area contributed by atoms with Crippen molar-refractivity contribution in [2.24, 2.45) is 0 Å². The Morgan fingerprint density at radius 1 is 1.19 bits per heavy atom. The van der Waals surface area contributed by atoms with Crippen LogP contribution >= 0.6 is 0 Å². The third-order valence-electron chi connectivity index (χ3n) is 4.19. The lowest BCUT2D eigenvalue weighted by Crippen LogP contribution is -2.34. The zero-order chi connectivity index (χ0) is 19.4. The van der Waals surface area contributed by atoms with Gasteiger partial charge in [0.05, 0.1) is 31.4 Å². The Bertz CT molecular complexity index is 863. The van der Waals surface area contributed by atoms with Crippen molar-refractivity contribution in [2.45, 2.75) is 19.4 Å². The van der Waals surface area contributed by atoms with E-state index in [1.807, 2.05) is 0 Å². The molecule has 1 atom stereocenters. The predicted octanol–water partition coefficient (Wildman–Crippen LogP) is 2.62.